The van der Waals surface area contributed by atoms with Crippen molar-refractivity contribution in [3.8, 4) is 0 Å². The van der Waals surface area contributed by atoms with Crippen molar-refractivity contribution in [3.05, 3.63) is 33.1 Å². The van der Waals surface area contributed by atoms with E-state index in [0.29, 0.717) is 47.7 Å². The lowest BCUT2D eigenvalue weighted by Crippen LogP contribution is -2.52. The van der Waals surface area contributed by atoms with Gasteiger partial charge in [0.05, 0.1) is 5.02 Å². The van der Waals surface area contributed by atoms with E-state index < -0.39 is 0 Å². The number of thiophene rings is 1. The predicted octanol–water partition coefficient (Wildman–Crippen LogP) is 3.67. The predicted molar refractivity (Wildman–Crippen MR) is 103 cm³/mol. The van der Waals surface area contributed by atoms with Crippen LogP contribution in [0.5, 0.6) is 0 Å². The number of carbonyl (C=O) groups excluding carboxylic acids is 2. The van der Waals surface area contributed by atoms with Crippen LogP contribution in [0.1, 0.15) is 22.5 Å². The van der Waals surface area contributed by atoms with Crippen molar-refractivity contribution >= 4 is 56.4 Å². The fraction of sp³-hybridized carbons (Fsp3) is 0.444. The molecule has 1 atom stereocenters. The largest absolute Gasteiger partial charge is 0.368 e. The van der Waals surface area contributed by atoms with E-state index in [0.717, 1.165) is 22.9 Å². The third-order valence-corrected chi connectivity index (χ3v) is 6.75. The van der Waals surface area contributed by atoms with Gasteiger partial charge in [-0.3, -0.25) is 9.59 Å². The highest BCUT2D eigenvalue weighted by molar-refractivity contribution is 7.21. The number of hydrogen-bond donors (Lipinski definition) is 0. The molecule has 2 aliphatic rings. The van der Waals surface area contributed by atoms with Crippen LogP contribution in [0.3, 0.4) is 0 Å². The van der Waals surface area contributed by atoms with Crippen LogP contribution in [0.2, 0.25) is 10.0 Å². The summed E-state index contributed by atoms with van der Waals surface area (Å²) < 4.78 is 6.37. The first-order valence-corrected chi connectivity index (χ1v) is 10.2. The number of nitrogens with zero attached hydrogens (tertiary/aromatic N) is 2. The van der Waals surface area contributed by atoms with Crippen LogP contribution >= 0.6 is 34.5 Å². The summed E-state index contributed by atoms with van der Waals surface area (Å²) in [4.78, 5) is 29.4. The average molecular weight is 413 g/mol. The molecule has 0 spiro atoms. The molecule has 4 rings (SSSR count). The Morgan fingerprint density at radius 3 is 2.54 bits per heavy atom. The fourth-order valence-electron chi connectivity index (χ4n) is 3.43. The minimum absolute atomic E-state index is 0.0455. The van der Waals surface area contributed by atoms with Gasteiger partial charge in [0.1, 0.15) is 11.0 Å². The van der Waals surface area contributed by atoms with Gasteiger partial charge in [0.25, 0.3) is 11.8 Å². The lowest BCUT2D eigenvalue weighted by atomic mass is 10.2. The smallest absolute Gasteiger partial charge is 0.265 e. The van der Waals surface area contributed by atoms with E-state index in [1.807, 2.05) is 12.1 Å². The van der Waals surface area contributed by atoms with E-state index in [1.165, 1.54) is 11.3 Å². The van der Waals surface area contributed by atoms with Crippen LogP contribution in [-0.4, -0.2) is 60.5 Å². The van der Waals surface area contributed by atoms with Crippen LogP contribution in [0.15, 0.2) is 18.2 Å². The number of halogens is 2. The van der Waals surface area contributed by atoms with Crippen molar-refractivity contribution in [1.82, 2.24) is 9.80 Å². The number of piperazine rings is 1. The molecule has 3 heterocycles. The standard InChI is InChI=1S/C18H18Cl2N2O3S/c19-11-3-4-12-14(10-11)26-16(15(12)20)18(24)22-7-5-21(6-8-22)17(23)13-2-1-9-25-13/h3-4,10,13H,1-2,5-9H2/t13-/m1/s1. The molecular weight excluding hydrogens is 395 g/mol. The summed E-state index contributed by atoms with van der Waals surface area (Å²) in [6, 6.07) is 5.43. The molecule has 2 fully saturated rings. The highest BCUT2D eigenvalue weighted by Crippen LogP contribution is 2.37. The van der Waals surface area contributed by atoms with E-state index in [2.05, 4.69) is 0 Å². The van der Waals surface area contributed by atoms with E-state index in [9.17, 15) is 9.59 Å². The highest BCUT2D eigenvalue weighted by Gasteiger charge is 2.32. The number of amides is 2. The quantitative estimate of drug-likeness (QED) is 0.755. The maximum absolute atomic E-state index is 12.9. The zero-order chi connectivity index (χ0) is 18.3. The van der Waals surface area contributed by atoms with Gasteiger partial charge in [0.2, 0.25) is 0 Å². The summed E-state index contributed by atoms with van der Waals surface area (Å²) in [6.45, 7) is 2.71. The van der Waals surface area contributed by atoms with E-state index in [-0.39, 0.29) is 17.9 Å². The van der Waals surface area contributed by atoms with Crippen LogP contribution in [0, 0.1) is 0 Å². The molecule has 8 heteroatoms. The van der Waals surface area contributed by atoms with Crippen LogP contribution in [0.25, 0.3) is 10.1 Å². The summed E-state index contributed by atoms with van der Waals surface area (Å²) in [5, 5.41) is 1.94. The molecule has 26 heavy (non-hydrogen) atoms. The first-order valence-electron chi connectivity index (χ1n) is 8.62. The number of fused-ring (bicyclic) bond motifs is 1. The monoisotopic (exact) mass is 412 g/mol. The van der Waals surface area contributed by atoms with Gasteiger partial charge >= 0.3 is 0 Å². The van der Waals surface area contributed by atoms with Crippen molar-refractivity contribution in [2.24, 2.45) is 0 Å². The Balaban J connectivity index is 1.45. The molecule has 0 N–H and O–H groups in total. The SMILES string of the molecule is O=C(c1sc2cc(Cl)ccc2c1Cl)N1CCN(C(=O)[C@H]2CCCO2)CC1. The van der Waals surface area contributed by atoms with Gasteiger partial charge in [-0.15, -0.1) is 11.3 Å². The Labute approximate surface area is 165 Å². The molecular formula is C18H18Cl2N2O3S. The second-order valence-electron chi connectivity index (χ2n) is 6.50. The molecule has 0 unspecified atom stereocenters. The summed E-state index contributed by atoms with van der Waals surface area (Å²) in [5.41, 5.74) is 0. The number of rotatable bonds is 2. The molecule has 5 nitrogen and oxygen atoms in total. The highest BCUT2D eigenvalue weighted by atomic mass is 35.5. The van der Waals surface area contributed by atoms with Gasteiger partial charge in [0.15, 0.2) is 0 Å². The summed E-state index contributed by atoms with van der Waals surface area (Å²) in [5.74, 6) is -0.0410. The molecule has 0 radical (unpaired) electrons. The molecule has 1 aromatic heterocycles. The van der Waals surface area contributed by atoms with Crippen molar-refractivity contribution in [1.29, 1.82) is 0 Å². The molecule has 2 aliphatic heterocycles. The normalized spacial score (nSPS) is 20.8. The minimum atomic E-state index is -0.306. The second-order valence-corrected chi connectivity index (χ2v) is 8.37. The van der Waals surface area contributed by atoms with Crippen LogP contribution < -0.4 is 0 Å². The molecule has 2 amide bonds. The third kappa shape index (κ3) is 3.31. The van der Waals surface area contributed by atoms with Crippen LogP contribution in [0.4, 0.5) is 0 Å². The molecule has 0 aliphatic carbocycles. The molecule has 0 saturated carbocycles. The molecule has 0 bridgehead atoms. The number of hydrogen-bond acceptors (Lipinski definition) is 4. The Kier molecular flexibility index (Phi) is 5.10. The van der Waals surface area contributed by atoms with Gasteiger partial charge in [-0.1, -0.05) is 29.3 Å². The van der Waals surface area contributed by atoms with Gasteiger partial charge in [-0.25, -0.2) is 0 Å². The first-order chi connectivity index (χ1) is 12.5. The molecule has 1 aromatic carbocycles. The Morgan fingerprint density at radius 1 is 1.12 bits per heavy atom. The summed E-state index contributed by atoms with van der Waals surface area (Å²) in [6.07, 6.45) is 1.42. The number of ether oxygens (including phenoxy) is 1. The maximum Gasteiger partial charge on any atom is 0.265 e. The number of carbonyl (C=O) groups is 2. The Hall–Kier alpha value is -1.34. The maximum atomic E-state index is 12.9. The fourth-order valence-corrected chi connectivity index (χ4v) is 5.18. The van der Waals surface area contributed by atoms with Crippen molar-refractivity contribution in [2.45, 2.75) is 18.9 Å². The lowest BCUT2D eigenvalue weighted by molar-refractivity contribution is -0.142. The minimum Gasteiger partial charge on any atom is -0.368 e. The van der Waals surface area contributed by atoms with E-state index >= 15 is 0 Å². The van der Waals surface area contributed by atoms with Crippen LogP contribution in [-0.2, 0) is 9.53 Å². The average Bonchev–Trinajstić information content (AvgIpc) is 3.29. The Bertz CT molecular complexity index is 855. The van der Waals surface area contributed by atoms with E-state index in [1.54, 1.807) is 15.9 Å². The van der Waals surface area contributed by atoms with E-state index in [4.69, 9.17) is 27.9 Å². The molecule has 138 valence electrons. The summed E-state index contributed by atoms with van der Waals surface area (Å²) in [7, 11) is 0. The number of benzene rings is 1. The molecule has 2 aromatic rings. The topological polar surface area (TPSA) is 49.9 Å². The second kappa shape index (κ2) is 7.35. The summed E-state index contributed by atoms with van der Waals surface area (Å²) >= 11 is 13.8. The third-order valence-electron chi connectivity index (χ3n) is 4.87. The first kappa shape index (κ1) is 18.0. The van der Waals surface area contributed by atoms with Crippen molar-refractivity contribution < 1.29 is 14.3 Å². The van der Waals surface area contributed by atoms with Gasteiger partial charge < -0.3 is 14.5 Å². The van der Waals surface area contributed by atoms with Gasteiger partial charge in [0, 0.05) is 47.9 Å². The van der Waals surface area contributed by atoms with Crippen molar-refractivity contribution in [2.75, 3.05) is 32.8 Å². The molecule has 2 saturated heterocycles. The van der Waals surface area contributed by atoms with Gasteiger partial charge in [-0.05, 0) is 25.0 Å². The van der Waals surface area contributed by atoms with Gasteiger partial charge in [-0.2, -0.15) is 0 Å². The lowest BCUT2D eigenvalue weighted by Gasteiger charge is -2.35. The Morgan fingerprint density at radius 2 is 1.85 bits per heavy atom. The zero-order valence-corrected chi connectivity index (χ0v) is 16.4. The van der Waals surface area contributed by atoms with Crippen molar-refractivity contribution in [3.63, 3.8) is 0 Å². The zero-order valence-electron chi connectivity index (χ0n) is 14.0.